The summed E-state index contributed by atoms with van der Waals surface area (Å²) in [6.45, 7) is 1.64. The lowest BCUT2D eigenvalue weighted by Gasteiger charge is -2.44. The number of hydrogen-bond donors (Lipinski definition) is 1. The monoisotopic (exact) mass is 434 g/mol. The number of piperidine rings is 1. The highest BCUT2D eigenvalue weighted by Gasteiger charge is 2.52. The molecule has 0 radical (unpaired) electrons. The van der Waals surface area contributed by atoms with E-state index >= 15 is 0 Å². The number of carbonyl (C=O) groups is 3. The van der Waals surface area contributed by atoms with Crippen molar-refractivity contribution in [2.24, 2.45) is 0 Å². The van der Waals surface area contributed by atoms with Crippen LogP contribution in [-0.4, -0.2) is 61.1 Å². The zero-order chi connectivity index (χ0) is 22.3. The van der Waals surface area contributed by atoms with E-state index in [1.54, 1.807) is 31.4 Å². The number of likely N-dealkylation sites (tertiary alicyclic amines) is 1. The Morgan fingerprint density at radius 1 is 0.938 bits per heavy atom. The molecule has 3 saturated heterocycles. The summed E-state index contributed by atoms with van der Waals surface area (Å²) < 4.78 is 5.16. The SMILES string of the molecule is COc1ccc(N2C(=O)C[C@H](N3CCC4(CC3)C(=O)NCN4c3ccccc3)C2=O)cc1. The van der Waals surface area contributed by atoms with Crippen molar-refractivity contribution in [1.82, 2.24) is 10.2 Å². The molecule has 8 heteroatoms. The first-order valence-corrected chi connectivity index (χ1v) is 10.9. The molecule has 1 atom stereocenters. The fraction of sp³-hybridized carbons (Fsp3) is 0.375. The van der Waals surface area contributed by atoms with Crippen LogP contribution in [0, 0.1) is 0 Å². The maximum absolute atomic E-state index is 13.2. The quantitative estimate of drug-likeness (QED) is 0.739. The maximum Gasteiger partial charge on any atom is 0.251 e. The van der Waals surface area contributed by atoms with Gasteiger partial charge in [0, 0.05) is 18.8 Å². The fourth-order valence-corrected chi connectivity index (χ4v) is 5.14. The van der Waals surface area contributed by atoms with Crippen molar-refractivity contribution >= 4 is 29.1 Å². The number of anilines is 2. The summed E-state index contributed by atoms with van der Waals surface area (Å²) in [5.74, 6) is 0.306. The maximum atomic E-state index is 13.2. The van der Waals surface area contributed by atoms with Gasteiger partial charge in [0.25, 0.3) is 5.91 Å². The predicted molar refractivity (Wildman–Crippen MR) is 119 cm³/mol. The topological polar surface area (TPSA) is 82.2 Å². The highest BCUT2D eigenvalue weighted by Crippen LogP contribution is 2.38. The van der Waals surface area contributed by atoms with Gasteiger partial charge in [-0.2, -0.15) is 0 Å². The van der Waals surface area contributed by atoms with E-state index < -0.39 is 11.6 Å². The molecule has 0 aliphatic carbocycles. The number of amides is 3. The molecule has 166 valence electrons. The first kappa shape index (κ1) is 20.5. The number of hydrogen-bond acceptors (Lipinski definition) is 6. The molecule has 3 amide bonds. The van der Waals surface area contributed by atoms with Gasteiger partial charge in [-0.25, -0.2) is 4.90 Å². The standard InChI is InChI=1S/C24H26N4O4/c1-32-19-9-7-18(8-10-19)28-21(29)15-20(22(28)30)26-13-11-24(12-14-26)23(31)25-16-27(24)17-5-3-2-4-6-17/h2-10,20H,11-16H2,1H3,(H,25,31)/t20-/m0/s1. The average molecular weight is 434 g/mol. The minimum Gasteiger partial charge on any atom is -0.497 e. The Balaban J connectivity index is 1.31. The van der Waals surface area contributed by atoms with E-state index in [4.69, 9.17) is 4.74 Å². The van der Waals surface area contributed by atoms with Gasteiger partial charge in [-0.15, -0.1) is 0 Å². The van der Waals surface area contributed by atoms with Gasteiger partial charge in [0.2, 0.25) is 11.8 Å². The van der Waals surface area contributed by atoms with Crippen LogP contribution in [0.3, 0.4) is 0 Å². The number of ether oxygens (including phenoxy) is 1. The Morgan fingerprint density at radius 2 is 1.62 bits per heavy atom. The van der Waals surface area contributed by atoms with E-state index in [9.17, 15) is 14.4 Å². The minimum absolute atomic E-state index is 0.0367. The fourth-order valence-electron chi connectivity index (χ4n) is 5.14. The second kappa shape index (κ2) is 7.94. The van der Waals surface area contributed by atoms with Gasteiger partial charge >= 0.3 is 0 Å². The zero-order valence-corrected chi connectivity index (χ0v) is 18.0. The highest BCUT2D eigenvalue weighted by molar-refractivity contribution is 6.22. The molecule has 0 unspecified atom stereocenters. The van der Waals surface area contributed by atoms with Crippen LogP contribution in [0.2, 0.25) is 0 Å². The molecule has 0 saturated carbocycles. The van der Waals surface area contributed by atoms with Crippen molar-refractivity contribution in [3.05, 3.63) is 54.6 Å². The smallest absolute Gasteiger partial charge is 0.251 e. The Morgan fingerprint density at radius 3 is 2.28 bits per heavy atom. The first-order valence-electron chi connectivity index (χ1n) is 10.9. The second-order valence-corrected chi connectivity index (χ2v) is 8.48. The summed E-state index contributed by atoms with van der Waals surface area (Å²) in [7, 11) is 1.57. The van der Waals surface area contributed by atoms with Crippen LogP contribution in [0.15, 0.2) is 54.6 Å². The van der Waals surface area contributed by atoms with Gasteiger partial charge in [-0.3, -0.25) is 19.3 Å². The largest absolute Gasteiger partial charge is 0.497 e. The van der Waals surface area contributed by atoms with Crippen molar-refractivity contribution in [3.63, 3.8) is 0 Å². The summed E-state index contributed by atoms with van der Waals surface area (Å²) in [4.78, 5) is 44.2. The van der Waals surface area contributed by atoms with Crippen LogP contribution in [0.1, 0.15) is 19.3 Å². The van der Waals surface area contributed by atoms with E-state index in [0.717, 1.165) is 5.69 Å². The molecule has 32 heavy (non-hydrogen) atoms. The van der Waals surface area contributed by atoms with Crippen LogP contribution >= 0.6 is 0 Å². The van der Waals surface area contributed by atoms with Gasteiger partial charge in [0.05, 0.1) is 31.9 Å². The van der Waals surface area contributed by atoms with Crippen molar-refractivity contribution in [3.8, 4) is 5.75 Å². The Hall–Kier alpha value is -3.39. The molecule has 1 N–H and O–H groups in total. The number of benzene rings is 2. The lowest BCUT2D eigenvalue weighted by Crippen LogP contribution is -2.58. The van der Waals surface area contributed by atoms with Crippen LogP contribution in [0.4, 0.5) is 11.4 Å². The third kappa shape index (κ3) is 3.22. The molecule has 0 bridgehead atoms. The number of nitrogens with one attached hydrogen (secondary N) is 1. The van der Waals surface area contributed by atoms with Crippen molar-refractivity contribution in [2.45, 2.75) is 30.8 Å². The normalized spacial score (nSPS) is 23.2. The third-order valence-corrected chi connectivity index (χ3v) is 6.92. The number of imide groups is 1. The first-order chi connectivity index (χ1) is 15.5. The second-order valence-electron chi connectivity index (χ2n) is 8.48. The number of rotatable bonds is 4. The number of para-hydroxylation sites is 1. The number of nitrogens with zero attached hydrogens (tertiary/aromatic N) is 3. The van der Waals surface area contributed by atoms with Gasteiger partial charge in [-0.1, -0.05) is 18.2 Å². The summed E-state index contributed by atoms with van der Waals surface area (Å²) in [5.41, 5.74) is 0.957. The van der Waals surface area contributed by atoms with Crippen molar-refractivity contribution < 1.29 is 19.1 Å². The van der Waals surface area contributed by atoms with Gasteiger partial charge in [-0.05, 0) is 49.2 Å². The molecule has 3 aliphatic rings. The lowest BCUT2D eigenvalue weighted by molar-refractivity contribution is -0.126. The van der Waals surface area contributed by atoms with Gasteiger partial charge in [0.15, 0.2) is 0 Å². The van der Waals surface area contributed by atoms with Crippen LogP contribution in [0.5, 0.6) is 5.75 Å². The van der Waals surface area contributed by atoms with E-state index in [0.29, 0.717) is 44.0 Å². The van der Waals surface area contributed by atoms with E-state index in [1.807, 2.05) is 30.3 Å². The Kier molecular flexibility index (Phi) is 5.09. The number of carbonyl (C=O) groups excluding carboxylic acids is 3. The van der Waals surface area contributed by atoms with Crippen LogP contribution in [0.25, 0.3) is 0 Å². The minimum atomic E-state index is -0.612. The lowest BCUT2D eigenvalue weighted by atomic mass is 9.85. The summed E-state index contributed by atoms with van der Waals surface area (Å²) in [6.07, 6.45) is 1.37. The van der Waals surface area contributed by atoms with Crippen LogP contribution in [-0.2, 0) is 14.4 Å². The molecule has 1 spiro atoms. The predicted octanol–water partition coefficient (Wildman–Crippen LogP) is 1.76. The zero-order valence-electron chi connectivity index (χ0n) is 18.0. The Labute approximate surface area is 186 Å². The Bertz CT molecular complexity index is 1030. The molecule has 8 nitrogen and oxygen atoms in total. The molecule has 3 heterocycles. The van der Waals surface area contributed by atoms with Gasteiger partial charge < -0.3 is 15.0 Å². The molecule has 2 aromatic carbocycles. The van der Waals surface area contributed by atoms with Crippen molar-refractivity contribution in [2.75, 3.05) is 36.7 Å². The molecule has 0 aromatic heterocycles. The number of methoxy groups -OCH3 is 1. The highest BCUT2D eigenvalue weighted by atomic mass is 16.5. The van der Waals surface area contributed by atoms with Crippen LogP contribution < -0.4 is 19.9 Å². The van der Waals surface area contributed by atoms with Crippen molar-refractivity contribution in [1.29, 1.82) is 0 Å². The van der Waals surface area contributed by atoms with E-state index in [-0.39, 0.29) is 24.1 Å². The summed E-state index contributed by atoms with van der Waals surface area (Å²) in [5, 5.41) is 3.00. The molecule has 2 aromatic rings. The third-order valence-electron chi connectivity index (χ3n) is 6.92. The molecular weight excluding hydrogens is 408 g/mol. The molecule has 5 rings (SSSR count). The summed E-state index contributed by atoms with van der Waals surface area (Å²) >= 11 is 0. The molecular formula is C24H26N4O4. The molecule has 3 aliphatic heterocycles. The average Bonchev–Trinajstić information content (AvgIpc) is 3.30. The summed E-state index contributed by atoms with van der Waals surface area (Å²) in [6, 6.07) is 16.4. The van der Waals surface area contributed by atoms with E-state index in [2.05, 4.69) is 15.1 Å². The molecule has 3 fully saturated rings. The van der Waals surface area contributed by atoms with Gasteiger partial charge in [0.1, 0.15) is 11.3 Å². The van der Waals surface area contributed by atoms with E-state index in [1.165, 1.54) is 4.90 Å².